The van der Waals surface area contributed by atoms with E-state index in [0.29, 0.717) is 4.90 Å². The van der Waals surface area contributed by atoms with E-state index >= 15 is 0 Å². The van der Waals surface area contributed by atoms with Crippen LogP contribution in [0.3, 0.4) is 0 Å². The van der Waals surface area contributed by atoms with Gasteiger partial charge in [0.05, 0.1) is 0 Å². The van der Waals surface area contributed by atoms with Gasteiger partial charge in [0.2, 0.25) is 5.91 Å². The van der Waals surface area contributed by atoms with Gasteiger partial charge in [-0.25, -0.2) is 4.90 Å². The number of hydrogen-bond donors (Lipinski definition) is 1. The molecule has 0 aromatic carbocycles. The lowest BCUT2D eigenvalue weighted by molar-refractivity contribution is -0.251. The van der Waals surface area contributed by atoms with Crippen LogP contribution in [-0.4, -0.2) is 30.2 Å². The maximum absolute atomic E-state index is 12.1. The summed E-state index contributed by atoms with van der Waals surface area (Å²) in [7, 11) is 0. The zero-order valence-electron chi connectivity index (χ0n) is 6.97. The fourth-order valence-electron chi connectivity index (χ4n) is 1.42. The van der Waals surface area contributed by atoms with E-state index in [1.807, 2.05) is 0 Å². The summed E-state index contributed by atoms with van der Waals surface area (Å²) in [5, 5.41) is 0. The lowest BCUT2D eigenvalue weighted by atomic mass is 9.97. The Hall–Kier alpha value is -0.780. The van der Waals surface area contributed by atoms with Gasteiger partial charge in [0.25, 0.3) is 0 Å². The summed E-state index contributed by atoms with van der Waals surface area (Å²) in [4.78, 5) is 11.0. The molecule has 1 aliphatic heterocycles. The number of piperidine rings is 1. The van der Waals surface area contributed by atoms with Crippen LogP contribution >= 0.6 is 0 Å². The highest BCUT2D eigenvalue weighted by atomic mass is 19.4. The maximum Gasteiger partial charge on any atom is 0.459 e. The normalized spacial score (nSPS) is 21.8. The molecule has 13 heavy (non-hydrogen) atoms. The molecule has 0 spiro atoms. The molecule has 1 rings (SSSR count). The van der Waals surface area contributed by atoms with Crippen molar-refractivity contribution in [3.8, 4) is 0 Å². The number of primary amides is 1. The van der Waals surface area contributed by atoms with Crippen LogP contribution in [0, 0.1) is 5.92 Å². The Bertz CT molecular complexity index is 196. The van der Waals surface area contributed by atoms with Crippen molar-refractivity contribution in [1.29, 1.82) is 0 Å². The third-order valence-electron chi connectivity index (χ3n) is 2.26. The molecule has 1 amide bonds. The number of nitrogens with two attached hydrogens (primary N) is 1. The van der Waals surface area contributed by atoms with Crippen LogP contribution in [0.15, 0.2) is 0 Å². The molecule has 1 saturated heterocycles. The third kappa shape index (κ3) is 2.58. The zero-order valence-corrected chi connectivity index (χ0v) is 6.97. The van der Waals surface area contributed by atoms with Gasteiger partial charge in [-0.15, -0.1) is 0 Å². The molecule has 1 aliphatic rings. The summed E-state index contributed by atoms with van der Waals surface area (Å²) in [6.07, 6.45) is -3.87. The second-order valence-corrected chi connectivity index (χ2v) is 3.13. The minimum atomic E-state index is -4.28. The van der Waals surface area contributed by atoms with Crippen LogP contribution < -0.4 is 5.73 Å². The van der Waals surface area contributed by atoms with E-state index in [-0.39, 0.29) is 25.9 Å². The molecule has 1 heterocycles. The SMILES string of the molecule is NC(=O)C1CCN(C(F)(F)F)CC1. The molecule has 1 fully saturated rings. The Morgan fingerprint density at radius 1 is 1.31 bits per heavy atom. The van der Waals surface area contributed by atoms with Crippen LogP contribution in [-0.2, 0) is 4.79 Å². The van der Waals surface area contributed by atoms with Crippen molar-refractivity contribution in [3.05, 3.63) is 0 Å². The smallest absolute Gasteiger partial charge is 0.369 e. The fraction of sp³-hybridized carbons (Fsp3) is 0.857. The van der Waals surface area contributed by atoms with Crippen molar-refractivity contribution < 1.29 is 18.0 Å². The monoisotopic (exact) mass is 196 g/mol. The largest absolute Gasteiger partial charge is 0.459 e. The maximum atomic E-state index is 12.1. The van der Waals surface area contributed by atoms with E-state index in [0.717, 1.165) is 0 Å². The zero-order chi connectivity index (χ0) is 10.1. The molecule has 76 valence electrons. The predicted octanol–water partition coefficient (Wildman–Crippen LogP) is 0.703. The van der Waals surface area contributed by atoms with Crippen LogP contribution in [0.2, 0.25) is 0 Å². The average molecular weight is 196 g/mol. The highest BCUT2D eigenvalue weighted by Crippen LogP contribution is 2.27. The molecule has 0 bridgehead atoms. The van der Waals surface area contributed by atoms with E-state index in [1.54, 1.807) is 0 Å². The summed E-state index contributed by atoms with van der Waals surface area (Å²) in [5.41, 5.74) is 4.98. The van der Waals surface area contributed by atoms with Gasteiger partial charge in [-0.1, -0.05) is 0 Å². The van der Waals surface area contributed by atoms with E-state index in [4.69, 9.17) is 5.73 Å². The summed E-state index contributed by atoms with van der Waals surface area (Å²) in [5.74, 6) is -0.888. The first-order chi connectivity index (χ1) is 5.91. The molecule has 0 atom stereocenters. The number of rotatable bonds is 1. The Morgan fingerprint density at radius 3 is 2.08 bits per heavy atom. The molecule has 0 aromatic rings. The standard InChI is InChI=1S/C7H11F3N2O/c8-7(9,10)12-3-1-5(2-4-12)6(11)13/h5H,1-4H2,(H2,11,13). The van der Waals surface area contributed by atoms with Gasteiger partial charge < -0.3 is 5.73 Å². The predicted molar refractivity (Wildman–Crippen MR) is 39.5 cm³/mol. The molecule has 3 nitrogen and oxygen atoms in total. The number of amides is 1. The molecule has 0 saturated carbocycles. The Labute approximate surface area is 73.7 Å². The Kier molecular flexibility index (Phi) is 2.80. The number of alkyl halides is 3. The molecular formula is C7H11F3N2O. The van der Waals surface area contributed by atoms with Crippen molar-refractivity contribution in [1.82, 2.24) is 4.90 Å². The molecule has 0 aliphatic carbocycles. The van der Waals surface area contributed by atoms with Crippen molar-refractivity contribution in [3.63, 3.8) is 0 Å². The van der Waals surface area contributed by atoms with Gasteiger partial charge >= 0.3 is 6.30 Å². The van der Waals surface area contributed by atoms with E-state index < -0.39 is 18.1 Å². The van der Waals surface area contributed by atoms with Gasteiger partial charge in [-0.3, -0.25) is 4.79 Å². The van der Waals surface area contributed by atoms with Crippen LogP contribution in [0.4, 0.5) is 13.2 Å². The first-order valence-corrected chi connectivity index (χ1v) is 4.02. The number of hydrogen-bond acceptors (Lipinski definition) is 2. The van der Waals surface area contributed by atoms with E-state index in [2.05, 4.69) is 0 Å². The number of nitrogens with zero attached hydrogens (tertiary/aromatic N) is 1. The number of carbonyl (C=O) groups excluding carboxylic acids is 1. The van der Waals surface area contributed by atoms with Crippen molar-refractivity contribution in [2.45, 2.75) is 19.1 Å². The van der Waals surface area contributed by atoms with Crippen LogP contribution in [0.5, 0.6) is 0 Å². The summed E-state index contributed by atoms with van der Waals surface area (Å²) >= 11 is 0. The summed E-state index contributed by atoms with van der Waals surface area (Å²) < 4.78 is 36.2. The van der Waals surface area contributed by atoms with Crippen LogP contribution in [0.25, 0.3) is 0 Å². The van der Waals surface area contributed by atoms with Gasteiger partial charge in [-0.05, 0) is 12.8 Å². The first-order valence-electron chi connectivity index (χ1n) is 4.02. The first kappa shape index (κ1) is 10.3. The van der Waals surface area contributed by atoms with E-state index in [1.165, 1.54) is 0 Å². The van der Waals surface area contributed by atoms with Gasteiger partial charge in [0.15, 0.2) is 0 Å². The van der Waals surface area contributed by atoms with E-state index in [9.17, 15) is 18.0 Å². The highest BCUT2D eigenvalue weighted by molar-refractivity contribution is 5.76. The number of halogens is 3. The fourth-order valence-corrected chi connectivity index (χ4v) is 1.42. The minimum absolute atomic E-state index is 0.128. The molecule has 0 unspecified atom stereocenters. The van der Waals surface area contributed by atoms with Crippen molar-refractivity contribution in [2.75, 3.05) is 13.1 Å². The molecule has 0 aromatic heterocycles. The Morgan fingerprint density at radius 2 is 1.77 bits per heavy atom. The molecule has 0 radical (unpaired) electrons. The number of likely N-dealkylation sites (tertiary alicyclic amines) is 1. The summed E-state index contributed by atoms with van der Waals surface area (Å²) in [6, 6.07) is 0. The highest BCUT2D eigenvalue weighted by Gasteiger charge is 2.39. The van der Waals surface area contributed by atoms with Crippen LogP contribution in [0.1, 0.15) is 12.8 Å². The minimum Gasteiger partial charge on any atom is -0.369 e. The summed E-state index contributed by atoms with van der Waals surface area (Å²) in [6.45, 7) is -0.256. The van der Waals surface area contributed by atoms with Crippen molar-refractivity contribution in [2.24, 2.45) is 11.7 Å². The van der Waals surface area contributed by atoms with Gasteiger partial charge in [0, 0.05) is 19.0 Å². The number of carbonyl (C=O) groups is 1. The second kappa shape index (κ2) is 3.53. The quantitative estimate of drug-likeness (QED) is 0.627. The lowest BCUT2D eigenvalue weighted by Crippen LogP contribution is -2.45. The van der Waals surface area contributed by atoms with Gasteiger partial charge in [0.1, 0.15) is 0 Å². The topological polar surface area (TPSA) is 46.3 Å². The molecular weight excluding hydrogens is 185 g/mol. The van der Waals surface area contributed by atoms with Gasteiger partial charge in [-0.2, -0.15) is 13.2 Å². The lowest BCUT2D eigenvalue weighted by Gasteiger charge is -2.31. The average Bonchev–Trinajstić information content (AvgIpc) is 2.03. The van der Waals surface area contributed by atoms with Crippen molar-refractivity contribution >= 4 is 5.91 Å². The second-order valence-electron chi connectivity index (χ2n) is 3.13. The molecule has 6 heteroatoms. The third-order valence-corrected chi connectivity index (χ3v) is 2.26. The Balaban J connectivity index is 2.44. The molecule has 2 N–H and O–H groups in total.